The van der Waals surface area contributed by atoms with E-state index < -0.39 is 6.03 Å². The monoisotopic (exact) mass is 401 g/mol. The lowest BCUT2D eigenvalue weighted by Gasteiger charge is -2.29. The summed E-state index contributed by atoms with van der Waals surface area (Å²) < 4.78 is 1.87. The number of thioether (sulfide) groups is 1. The van der Waals surface area contributed by atoms with Crippen molar-refractivity contribution in [2.24, 2.45) is 13.0 Å². The van der Waals surface area contributed by atoms with Gasteiger partial charge in [0.15, 0.2) is 11.0 Å². The third kappa shape index (κ3) is 4.92. The Kier molecular flexibility index (Phi) is 6.72. The first-order valence-corrected chi connectivity index (χ1v) is 10.6. The van der Waals surface area contributed by atoms with Crippen LogP contribution in [-0.2, 0) is 11.8 Å². The lowest BCUT2D eigenvalue weighted by Crippen LogP contribution is -2.48. The van der Waals surface area contributed by atoms with E-state index in [0.717, 1.165) is 36.2 Å². The molecule has 0 radical (unpaired) electrons. The molecule has 0 unspecified atom stereocenters. The van der Waals surface area contributed by atoms with Crippen molar-refractivity contribution < 1.29 is 9.59 Å². The maximum absolute atomic E-state index is 12.1. The van der Waals surface area contributed by atoms with E-state index in [-0.39, 0.29) is 17.7 Å². The fourth-order valence-corrected chi connectivity index (χ4v) is 4.24. The van der Waals surface area contributed by atoms with Gasteiger partial charge in [-0.15, -0.1) is 10.2 Å². The van der Waals surface area contributed by atoms with E-state index in [0.29, 0.717) is 11.1 Å². The van der Waals surface area contributed by atoms with Crippen molar-refractivity contribution in [2.45, 2.75) is 50.7 Å². The lowest BCUT2D eigenvalue weighted by atomic mass is 9.86. The number of imide groups is 1. The number of hydrogen-bond donors (Lipinski definition) is 2. The number of nitrogens with zero attached hydrogens (tertiary/aromatic N) is 3. The molecule has 8 heteroatoms. The molecule has 150 valence electrons. The minimum Gasteiger partial charge on any atom is -0.335 e. The molecule has 1 heterocycles. The Morgan fingerprint density at radius 2 is 1.96 bits per heavy atom. The Balaban J connectivity index is 1.52. The van der Waals surface area contributed by atoms with Gasteiger partial charge in [-0.25, -0.2) is 4.79 Å². The molecule has 2 atom stereocenters. The third-order valence-corrected chi connectivity index (χ3v) is 6.25. The van der Waals surface area contributed by atoms with Crippen molar-refractivity contribution in [3.05, 3.63) is 29.8 Å². The van der Waals surface area contributed by atoms with Crippen molar-refractivity contribution >= 4 is 23.7 Å². The summed E-state index contributed by atoms with van der Waals surface area (Å²) in [7, 11) is 1.87. The predicted molar refractivity (Wildman–Crippen MR) is 110 cm³/mol. The Hall–Kier alpha value is -2.35. The summed E-state index contributed by atoms with van der Waals surface area (Å²) in [5, 5.41) is 14.4. The topological polar surface area (TPSA) is 88.9 Å². The number of amides is 3. The van der Waals surface area contributed by atoms with Crippen molar-refractivity contribution in [2.75, 3.05) is 5.75 Å². The molecule has 0 spiro atoms. The highest BCUT2D eigenvalue weighted by Gasteiger charge is 2.23. The first kappa shape index (κ1) is 20.4. The summed E-state index contributed by atoms with van der Waals surface area (Å²) in [5.41, 5.74) is 2.12. The summed E-state index contributed by atoms with van der Waals surface area (Å²) >= 11 is 1.26. The highest BCUT2D eigenvalue weighted by molar-refractivity contribution is 7.99. The van der Waals surface area contributed by atoms with Gasteiger partial charge in [-0.3, -0.25) is 10.1 Å². The normalized spacial score (nSPS) is 19.2. The zero-order valence-corrected chi connectivity index (χ0v) is 17.4. The van der Waals surface area contributed by atoms with Crippen LogP contribution in [0.25, 0.3) is 11.4 Å². The summed E-state index contributed by atoms with van der Waals surface area (Å²) in [6.45, 7) is 4.16. The largest absolute Gasteiger partial charge is 0.335 e. The maximum Gasteiger partial charge on any atom is 0.321 e. The van der Waals surface area contributed by atoms with Crippen LogP contribution in [0.4, 0.5) is 4.79 Å². The summed E-state index contributed by atoms with van der Waals surface area (Å²) in [4.78, 5) is 24.2. The molecule has 7 nitrogen and oxygen atoms in total. The molecule has 0 saturated heterocycles. The molecular formula is C20H27N5O2S. The summed E-state index contributed by atoms with van der Waals surface area (Å²) in [6, 6.07) is 7.69. The molecule has 1 saturated carbocycles. The molecular weight excluding hydrogens is 374 g/mol. The van der Waals surface area contributed by atoms with Gasteiger partial charge in [0.2, 0.25) is 5.91 Å². The fourth-order valence-electron chi connectivity index (χ4n) is 3.53. The molecule has 1 aromatic carbocycles. The highest BCUT2D eigenvalue weighted by Crippen LogP contribution is 2.25. The van der Waals surface area contributed by atoms with Crippen LogP contribution >= 0.6 is 11.8 Å². The van der Waals surface area contributed by atoms with Crippen molar-refractivity contribution in [3.63, 3.8) is 0 Å². The standard InChI is InChI=1S/C20H27N5O2S/c1-13-8-4-6-10-15(13)18-23-24-20(25(18)3)28-12-17(26)22-19(27)21-16-11-7-5-9-14(16)2/h4,6,8,10,14,16H,5,7,9,11-12H2,1-3H3,(H2,21,22,26,27)/t14-,16+/m0/s1. The number of aryl methyl sites for hydroxylation is 1. The molecule has 0 bridgehead atoms. The molecule has 1 aliphatic rings. The quantitative estimate of drug-likeness (QED) is 0.751. The van der Waals surface area contributed by atoms with E-state index >= 15 is 0 Å². The number of nitrogens with one attached hydrogen (secondary N) is 2. The Morgan fingerprint density at radius 1 is 1.21 bits per heavy atom. The predicted octanol–water partition coefficient (Wildman–Crippen LogP) is 3.29. The minimum atomic E-state index is -0.414. The van der Waals surface area contributed by atoms with Crippen LogP contribution in [0.15, 0.2) is 29.4 Å². The lowest BCUT2D eigenvalue weighted by molar-refractivity contribution is -0.117. The number of benzene rings is 1. The van der Waals surface area contributed by atoms with Crippen LogP contribution in [0.3, 0.4) is 0 Å². The van der Waals surface area contributed by atoms with Crippen LogP contribution in [0.5, 0.6) is 0 Å². The van der Waals surface area contributed by atoms with Crippen molar-refractivity contribution in [3.8, 4) is 11.4 Å². The average molecular weight is 402 g/mol. The van der Waals surface area contributed by atoms with Crippen LogP contribution in [0, 0.1) is 12.8 Å². The first-order chi connectivity index (χ1) is 13.5. The van der Waals surface area contributed by atoms with Gasteiger partial charge in [0.25, 0.3) is 0 Å². The number of aromatic nitrogens is 3. The zero-order chi connectivity index (χ0) is 20.1. The molecule has 1 fully saturated rings. The second kappa shape index (κ2) is 9.23. The van der Waals surface area contributed by atoms with Gasteiger partial charge in [0.05, 0.1) is 5.75 Å². The number of hydrogen-bond acceptors (Lipinski definition) is 5. The molecule has 3 amide bonds. The molecule has 0 aliphatic heterocycles. The Morgan fingerprint density at radius 3 is 2.71 bits per heavy atom. The highest BCUT2D eigenvalue weighted by atomic mass is 32.2. The van der Waals surface area contributed by atoms with Gasteiger partial charge in [0.1, 0.15) is 0 Å². The zero-order valence-electron chi connectivity index (χ0n) is 16.6. The van der Waals surface area contributed by atoms with Gasteiger partial charge in [0, 0.05) is 18.7 Å². The smallest absolute Gasteiger partial charge is 0.321 e. The van der Waals surface area contributed by atoms with E-state index in [9.17, 15) is 9.59 Å². The van der Waals surface area contributed by atoms with E-state index in [1.165, 1.54) is 18.2 Å². The van der Waals surface area contributed by atoms with Gasteiger partial charge in [-0.1, -0.05) is 55.8 Å². The van der Waals surface area contributed by atoms with Crippen LogP contribution in [0.1, 0.15) is 38.2 Å². The average Bonchev–Trinajstić information content (AvgIpc) is 3.03. The van der Waals surface area contributed by atoms with Gasteiger partial charge in [-0.2, -0.15) is 0 Å². The molecule has 1 aromatic heterocycles. The first-order valence-electron chi connectivity index (χ1n) is 9.64. The number of carbonyl (C=O) groups excluding carboxylic acids is 2. The molecule has 28 heavy (non-hydrogen) atoms. The maximum atomic E-state index is 12.1. The molecule has 2 N–H and O–H groups in total. The van der Waals surface area contributed by atoms with Crippen molar-refractivity contribution in [1.82, 2.24) is 25.4 Å². The van der Waals surface area contributed by atoms with Gasteiger partial charge in [-0.05, 0) is 31.2 Å². The fraction of sp³-hybridized carbons (Fsp3) is 0.500. The second-order valence-electron chi connectivity index (χ2n) is 7.36. The molecule has 2 aromatic rings. The van der Waals surface area contributed by atoms with Crippen LogP contribution < -0.4 is 10.6 Å². The molecule has 3 rings (SSSR count). The second-order valence-corrected chi connectivity index (χ2v) is 8.30. The SMILES string of the molecule is Cc1ccccc1-c1nnc(SCC(=O)NC(=O)N[C@@H]2CCCC[C@@H]2C)n1C. The van der Waals surface area contributed by atoms with Crippen LogP contribution in [-0.4, -0.2) is 38.5 Å². The van der Waals surface area contributed by atoms with E-state index in [4.69, 9.17) is 0 Å². The van der Waals surface area contributed by atoms with Crippen LogP contribution in [0.2, 0.25) is 0 Å². The van der Waals surface area contributed by atoms with Crippen molar-refractivity contribution in [1.29, 1.82) is 0 Å². The van der Waals surface area contributed by atoms with Gasteiger partial charge < -0.3 is 9.88 Å². The van der Waals surface area contributed by atoms with E-state index in [2.05, 4.69) is 27.8 Å². The number of urea groups is 1. The minimum absolute atomic E-state index is 0.105. The number of rotatable bonds is 5. The van der Waals surface area contributed by atoms with E-state index in [1.807, 2.05) is 42.8 Å². The van der Waals surface area contributed by atoms with E-state index in [1.54, 1.807) is 0 Å². The molecule has 1 aliphatic carbocycles. The Labute approximate surface area is 169 Å². The number of carbonyl (C=O) groups is 2. The third-order valence-electron chi connectivity index (χ3n) is 5.23. The Bertz CT molecular complexity index is 851. The summed E-state index contributed by atoms with van der Waals surface area (Å²) in [5.74, 6) is 0.965. The summed E-state index contributed by atoms with van der Waals surface area (Å²) in [6.07, 6.45) is 4.41. The van der Waals surface area contributed by atoms with Gasteiger partial charge >= 0.3 is 6.03 Å².